The fourth-order valence-electron chi connectivity index (χ4n) is 2.58. The van der Waals surface area contributed by atoms with Crippen LogP contribution in [0.3, 0.4) is 0 Å². The van der Waals surface area contributed by atoms with Crippen molar-refractivity contribution < 1.29 is 14.3 Å². The molecule has 5 nitrogen and oxygen atoms in total. The Kier molecular flexibility index (Phi) is 4.51. The Morgan fingerprint density at radius 3 is 2.29 bits per heavy atom. The predicted octanol–water partition coefficient (Wildman–Crippen LogP) is 3.06. The summed E-state index contributed by atoms with van der Waals surface area (Å²) in [4.78, 5) is 25.7. The number of anilines is 1. The minimum absolute atomic E-state index is 0.167. The van der Waals surface area contributed by atoms with Crippen LogP contribution in [0.1, 0.15) is 21.5 Å². The van der Waals surface area contributed by atoms with Crippen LogP contribution in [0.5, 0.6) is 0 Å². The highest BCUT2D eigenvalue weighted by Crippen LogP contribution is 2.21. The summed E-state index contributed by atoms with van der Waals surface area (Å²) in [5.74, 6) is -0.167. The molecule has 1 aliphatic rings. The lowest BCUT2D eigenvalue weighted by Crippen LogP contribution is -2.34. The maximum absolute atomic E-state index is 12.1. The Bertz CT molecular complexity index is 738. The molecule has 1 fully saturated rings. The van der Waals surface area contributed by atoms with Crippen molar-refractivity contribution in [1.29, 1.82) is 0 Å². The number of carbonyl (C=O) groups excluding carboxylic acids is 2. The number of nitrogens with zero attached hydrogens (tertiary/aromatic N) is 1. The van der Waals surface area contributed by atoms with Gasteiger partial charge in [-0.25, -0.2) is 4.79 Å². The van der Waals surface area contributed by atoms with Gasteiger partial charge in [0.25, 0.3) is 5.91 Å². The van der Waals surface area contributed by atoms with E-state index in [1.165, 1.54) is 0 Å². The Balaban J connectivity index is 1.57. The van der Waals surface area contributed by atoms with Crippen LogP contribution in [0, 0.1) is 13.8 Å². The zero-order valence-electron chi connectivity index (χ0n) is 13.8. The molecule has 5 heteroatoms. The summed E-state index contributed by atoms with van der Waals surface area (Å²) in [5, 5.41) is 2.82. The predicted molar refractivity (Wildman–Crippen MR) is 92.3 cm³/mol. The van der Waals surface area contributed by atoms with E-state index in [2.05, 4.69) is 5.32 Å². The average Bonchev–Trinajstić information content (AvgIpc) is 2.95. The van der Waals surface area contributed by atoms with E-state index in [1.54, 1.807) is 17.0 Å². The molecule has 1 saturated heterocycles. The van der Waals surface area contributed by atoms with Crippen LogP contribution >= 0.6 is 0 Å². The summed E-state index contributed by atoms with van der Waals surface area (Å²) in [6, 6.07) is 15.0. The van der Waals surface area contributed by atoms with E-state index in [0.717, 1.165) is 16.8 Å². The van der Waals surface area contributed by atoms with Crippen LogP contribution in [0.15, 0.2) is 48.5 Å². The second-order valence-corrected chi connectivity index (χ2v) is 6.03. The Labute approximate surface area is 141 Å². The molecule has 1 N–H and O–H groups in total. The van der Waals surface area contributed by atoms with E-state index >= 15 is 0 Å². The van der Waals surface area contributed by atoms with Crippen LogP contribution in [0.2, 0.25) is 0 Å². The number of nitrogens with one attached hydrogen (secondary N) is 1. The minimum atomic E-state index is -0.381. The largest absolute Gasteiger partial charge is 0.442 e. The molecular formula is C19H20N2O3. The molecule has 3 rings (SSSR count). The van der Waals surface area contributed by atoms with Gasteiger partial charge in [-0.2, -0.15) is 0 Å². The molecule has 2 aromatic rings. The van der Waals surface area contributed by atoms with Gasteiger partial charge in [-0.15, -0.1) is 0 Å². The van der Waals surface area contributed by atoms with E-state index in [0.29, 0.717) is 18.7 Å². The molecule has 1 atom stereocenters. The molecule has 124 valence electrons. The van der Waals surface area contributed by atoms with Gasteiger partial charge in [0, 0.05) is 11.3 Å². The number of rotatable bonds is 4. The van der Waals surface area contributed by atoms with E-state index in [1.807, 2.05) is 50.2 Å². The fourth-order valence-corrected chi connectivity index (χ4v) is 2.58. The molecule has 0 saturated carbocycles. The highest BCUT2D eigenvalue weighted by molar-refractivity contribution is 5.94. The van der Waals surface area contributed by atoms with E-state index in [9.17, 15) is 9.59 Å². The van der Waals surface area contributed by atoms with Crippen LogP contribution in [0.4, 0.5) is 10.5 Å². The lowest BCUT2D eigenvalue weighted by atomic mass is 10.1. The summed E-state index contributed by atoms with van der Waals surface area (Å²) in [5.41, 5.74) is 3.64. The van der Waals surface area contributed by atoms with E-state index < -0.39 is 0 Å². The molecule has 0 aromatic heterocycles. The van der Waals surface area contributed by atoms with Crippen LogP contribution < -0.4 is 10.2 Å². The summed E-state index contributed by atoms with van der Waals surface area (Å²) < 4.78 is 5.34. The molecule has 2 aromatic carbocycles. The number of carbonyl (C=O) groups is 2. The fraction of sp³-hybridized carbons (Fsp3) is 0.263. The Hall–Kier alpha value is -2.82. The monoisotopic (exact) mass is 324 g/mol. The maximum atomic E-state index is 12.1. The first-order valence-corrected chi connectivity index (χ1v) is 7.92. The number of amides is 2. The second-order valence-electron chi connectivity index (χ2n) is 6.03. The number of aryl methyl sites for hydroxylation is 2. The number of hydrogen-bond acceptors (Lipinski definition) is 3. The first kappa shape index (κ1) is 16.1. The summed E-state index contributed by atoms with van der Waals surface area (Å²) >= 11 is 0. The van der Waals surface area contributed by atoms with Crippen molar-refractivity contribution in [3.05, 3.63) is 65.2 Å². The van der Waals surface area contributed by atoms with Gasteiger partial charge < -0.3 is 10.1 Å². The smallest absolute Gasteiger partial charge is 0.414 e. The van der Waals surface area contributed by atoms with Crippen molar-refractivity contribution in [2.75, 3.05) is 18.0 Å². The Morgan fingerprint density at radius 2 is 1.67 bits per heavy atom. The summed E-state index contributed by atoms with van der Waals surface area (Å²) in [6.07, 6.45) is -0.735. The first-order chi connectivity index (χ1) is 11.5. The van der Waals surface area contributed by atoms with Gasteiger partial charge in [0.15, 0.2) is 0 Å². The molecule has 2 amide bonds. The van der Waals surface area contributed by atoms with Gasteiger partial charge in [0.1, 0.15) is 6.10 Å². The molecule has 24 heavy (non-hydrogen) atoms. The Morgan fingerprint density at radius 1 is 1.08 bits per heavy atom. The minimum Gasteiger partial charge on any atom is -0.442 e. The van der Waals surface area contributed by atoms with E-state index in [-0.39, 0.29) is 18.1 Å². The second kappa shape index (κ2) is 6.74. The van der Waals surface area contributed by atoms with Crippen molar-refractivity contribution in [1.82, 2.24) is 5.32 Å². The standard InChI is InChI=1S/C19H20N2O3/c1-13-3-7-15(8-4-13)18(22)20-11-17-12-21(19(23)24-17)16-9-5-14(2)6-10-16/h3-10,17H,11-12H2,1-2H3,(H,20,22). The van der Waals surface area contributed by atoms with Crippen molar-refractivity contribution in [3.8, 4) is 0 Å². The van der Waals surface area contributed by atoms with Crippen molar-refractivity contribution in [2.45, 2.75) is 20.0 Å². The highest BCUT2D eigenvalue weighted by atomic mass is 16.6. The van der Waals surface area contributed by atoms with Crippen molar-refractivity contribution in [3.63, 3.8) is 0 Å². The number of cyclic esters (lactones) is 1. The zero-order valence-corrected chi connectivity index (χ0v) is 13.8. The molecule has 1 aliphatic heterocycles. The normalized spacial score (nSPS) is 16.8. The lowest BCUT2D eigenvalue weighted by Gasteiger charge is -2.13. The van der Waals surface area contributed by atoms with Gasteiger partial charge in [0.2, 0.25) is 0 Å². The summed E-state index contributed by atoms with van der Waals surface area (Å²) in [6.45, 7) is 4.69. The quantitative estimate of drug-likeness (QED) is 0.940. The van der Waals surface area contributed by atoms with Gasteiger partial charge >= 0.3 is 6.09 Å². The molecular weight excluding hydrogens is 304 g/mol. The number of benzene rings is 2. The maximum Gasteiger partial charge on any atom is 0.414 e. The van der Waals surface area contributed by atoms with Gasteiger partial charge in [-0.3, -0.25) is 9.69 Å². The molecule has 0 aliphatic carbocycles. The van der Waals surface area contributed by atoms with Gasteiger partial charge in [-0.05, 0) is 38.1 Å². The van der Waals surface area contributed by atoms with Crippen LogP contribution in [0.25, 0.3) is 0 Å². The summed E-state index contributed by atoms with van der Waals surface area (Å²) in [7, 11) is 0. The average molecular weight is 324 g/mol. The third kappa shape index (κ3) is 3.56. The SMILES string of the molecule is Cc1ccc(C(=O)NCC2CN(c3ccc(C)cc3)C(=O)O2)cc1. The van der Waals surface area contributed by atoms with Gasteiger partial charge in [-0.1, -0.05) is 35.4 Å². The third-order valence-electron chi connectivity index (χ3n) is 4.02. The highest BCUT2D eigenvalue weighted by Gasteiger charge is 2.32. The molecule has 0 bridgehead atoms. The topological polar surface area (TPSA) is 58.6 Å². The van der Waals surface area contributed by atoms with Crippen LogP contribution in [-0.2, 0) is 4.74 Å². The van der Waals surface area contributed by atoms with Crippen molar-refractivity contribution in [2.24, 2.45) is 0 Å². The molecule has 0 radical (unpaired) electrons. The number of hydrogen-bond donors (Lipinski definition) is 1. The first-order valence-electron chi connectivity index (χ1n) is 7.92. The lowest BCUT2D eigenvalue weighted by molar-refractivity contribution is 0.0916. The number of ether oxygens (including phenoxy) is 1. The van der Waals surface area contributed by atoms with Crippen LogP contribution in [-0.4, -0.2) is 31.2 Å². The third-order valence-corrected chi connectivity index (χ3v) is 4.02. The molecule has 0 spiro atoms. The molecule has 1 heterocycles. The van der Waals surface area contributed by atoms with Crippen molar-refractivity contribution >= 4 is 17.7 Å². The van der Waals surface area contributed by atoms with E-state index in [4.69, 9.17) is 4.74 Å². The van der Waals surface area contributed by atoms with Gasteiger partial charge in [0.05, 0.1) is 13.1 Å². The molecule has 1 unspecified atom stereocenters. The zero-order chi connectivity index (χ0) is 17.1.